The van der Waals surface area contributed by atoms with Crippen LogP contribution in [0.1, 0.15) is 31.2 Å². The fourth-order valence-corrected chi connectivity index (χ4v) is 4.76. The smallest absolute Gasteiger partial charge is 0.244 e. The van der Waals surface area contributed by atoms with Gasteiger partial charge < -0.3 is 9.47 Å². The summed E-state index contributed by atoms with van der Waals surface area (Å²) in [4.78, 5) is 21.6. The van der Waals surface area contributed by atoms with Crippen molar-refractivity contribution in [3.63, 3.8) is 0 Å². The van der Waals surface area contributed by atoms with Crippen LogP contribution in [-0.4, -0.2) is 58.1 Å². The molecule has 144 valence electrons. The number of benzene rings is 1. The van der Waals surface area contributed by atoms with Crippen molar-refractivity contribution in [2.75, 3.05) is 27.3 Å². The fourth-order valence-electron chi connectivity index (χ4n) is 4.76. The van der Waals surface area contributed by atoms with E-state index in [0.29, 0.717) is 6.67 Å². The predicted molar refractivity (Wildman–Crippen MR) is 105 cm³/mol. The molecule has 1 saturated carbocycles. The second-order valence-corrected chi connectivity index (χ2v) is 8.08. The summed E-state index contributed by atoms with van der Waals surface area (Å²) in [6.45, 7) is 2.16. The normalized spacial score (nSPS) is 28.4. The van der Waals surface area contributed by atoms with Crippen LogP contribution in [0.2, 0.25) is 0 Å². The van der Waals surface area contributed by atoms with Crippen LogP contribution >= 0.6 is 0 Å². The van der Waals surface area contributed by atoms with Gasteiger partial charge in [0.1, 0.15) is 0 Å². The van der Waals surface area contributed by atoms with E-state index in [1.54, 1.807) is 12.5 Å². The van der Waals surface area contributed by atoms with Gasteiger partial charge in [0.05, 0.1) is 18.5 Å². The van der Waals surface area contributed by atoms with Crippen molar-refractivity contribution >= 4 is 5.91 Å². The molecule has 6 heteroatoms. The van der Waals surface area contributed by atoms with E-state index in [-0.39, 0.29) is 17.0 Å². The summed E-state index contributed by atoms with van der Waals surface area (Å²) in [6.07, 6.45) is 9.24. The molecular weight excluding hydrogens is 338 g/mol. The van der Waals surface area contributed by atoms with Gasteiger partial charge in [-0.25, -0.2) is 4.98 Å². The van der Waals surface area contributed by atoms with E-state index in [4.69, 9.17) is 0 Å². The van der Waals surface area contributed by atoms with E-state index >= 15 is 0 Å². The maximum absolute atomic E-state index is 13.2. The van der Waals surface area contributed by atoms with E-state index in [0.717, 1.165) is 38.8 Å². The number of hydrogen-bond donors (Lipinski definition) is 1. The van der Waals surface area contributed by atoms with E-state index in [9.17, 15) is 4.79 Å². The summed E-state index contributed by atoms with van der Waals surface area (Å²) < 4.78 is 2.02. The number of aromatic nitrogens is 2. The van der Waals surface area contributed by atoms with Gasteiger partial charge in [-0.2, -0.15) is 0 Å². The summed E-state index contributed by atoms with van der Waals surface area (Å²) in [5, 5.41) is 3.56. The third kappa shape index (κ3) is 3.17. The van der Waals surface area contributed by atoms with Gasteiger partial charge in [0.15, 0.2) is 0 Å². The molecule has 2 aliphatic rings. The number of rotatable bonds is 5. The molecule has 0 bridgehead atoms. The first-order chi connectivity index (χ1) is 13.1. The Bertz CT molecular complexity index is 763. The van der Waals surface area contributed by atoms with Crippen molar-refractivity contribution in [2.24, 2.45) is 0 Å². The Morgan fingerprint density at radius 3 is 2.48 bits per heavy atom. The highest BCUT2D eigenvalue weighted by atomic mass is 16.2. The monoisotopic (exact) mass is 367 g/mol. The molecule has 27 heavy (non-hydrogen) atoms. The molecule has 0 atom stereocenters. The summed E-state index contributed by atoms with van der Waals surface area (Å²) in [5.74, 6) is 0.267. The molecule has 2 fully saturated rings. The van der Waals surface area contributed by atoms with Gasteiger partial charge in [0, 0.05) is 31.0 Å². The number of carbonyl (C=O) groups is 1. The molecule has 6 nitrogen and oxygen atoms in total. The summed E-state index contributed by atoms with van der Waals surface area (Å²) >= 11 is 0. The lowest BCUT2D eigenvalue weighted by atomic mass is 9.68. The lowest BCUT2D eigenvalue weighted by molar-refractivity contribution is -0.134. The minimum Gasteiger partial charge on any atom is -0.336 e. The molecule has 1 aliphatic heterocycles. The average molecular weight is 367 g/mol. The Labute approximate surface area is 161 Å². The van der Waals surface area contributed by atoms with Gasteiger partial charge in [0.25, 0.3) is 0 Å². The van der Waals surface area contributed by atoms with Crippen molar-refractivity contribution in [3.8, 4) is 0 Å². The van der Waals surface area contributed by atoms with Crippen molar-refractivity contribution in [3.05, 3.63) is 54.6 Å². The van der Waals surface area contributed by atoms with Crippen LogP contribution in [0.15, 0.2) is 49.1 Å². The summed E-state index contributed by atoms with van der Waals surface area (Å²) in [7, 11) is 4.32. The van der Waals surface area contributed by atoms with E-state index in [1.165, 1.54) is 5.56 Å². The highest BCUT2D eigenvalue weighted by Crippen LogP contribution is 2.46. The molecule has 1 saturated heterocycles. The summed E-state index contributed by atoms with van der Waals surface area (Å²) in [6, 6.07) is 10.7. The second-order valence-electron chi connectivity index (χ2n) is 8.08. The molecule has 1 aromatic carbocycles. The number of nitrogens with one attached hydrogen (secondary N) is 1. The van der Waals surface area contributed by atoms with Gasteiger partial charge in [-0.05, 0) is 45.3 Å². The molecule has 2 aromatic rings. The zero-order chi connectivity index (χ0) is 18.9. The Balaban J connectivity index is 1.45. The van der Waals surface area contributed by atoms with Crippen LogP contribution in [-0.2, 0) is 16.9 Å². The molecule has 0 unspecified atom stereocenters. The molecule has 1 amide bonds. The molecule has 2 heterocycles. The molecule has 1 N–H and O–H groups in total. The lowest BCUT2D eigenvalue weighted by Gasteiger charge is -2.48. The van der Waals surface area contributed by atoms with Gasteiger partial charge >= 0.3 is 0 Å². The van der Waals surface area contributed by atoms with Gasteiger partial charge in [-0.15, -0.1) is 0 Å². The first-order valence-electron chi connectivity index (χ1n) is 9.79. The van der Waals surface area contributed by atoms with E-state index < -0.39 is 0 Å². The standard InChI is InChI=1S/C21H29N5O/c1-24(2)21(18-6-4-3-5-7-18)10-8-20(9-11-21)19(27)26(17-23-20)15-14-25-13-12-22-16-25/h3-7,12-13,16,23H,8-11,14-15,17H2,1-2H3. The molecule has 4 rings (SSSR count). The lowest BCUT2D eigenvalue weighted by Crippen LogP contribution is -2.55. The van der Waals surface area contributed by atoms with Crippen molar-refractivity contribution in [1.29, 1.82) is 0 Å². The third-order valence-corrected chi connectivity index (χ3v) is 6.59. The number of amides is 1. The van der Waals surface area contributed by atoms with Crippen molar-refractivity contribution < 1.29 is 4.79 Å². The van der Waals surface area contributed by atoms with E-state index in [1.807, 2.05) is 15.7 Å². The summed E-state index contributed by atoms with van der Waals surface area (Å²) in [5.41, 5.74) is 0.981. The molecule has 0 radical (unpaired) electrons. The van der Waals surface area contributed by atoms with Crippen LogP contribution < -0.4 is 5.32 Å². The minimum absolute atomic E-state index is 0.0126. The van der Waals surface area contributed by atoms with Gasteiger partial charge in [-0.3, -0.25) is 15.0 Å². The SMILES string of the molecule is CN(C)C1(c2ccccc2)CCC2(CC1)NCN(CCn1ccnc1)C2=O. The minimum atomic E-state index is -0.386. The maximum Gasteiger partial charge on any atom is 0.244 e. The van der Waals surface area contributed by atoms with Crippen molar-refractivity contribution in [1.82, 2.24) is 24.7 Å². The zero-order valence-corrected chi connectivity index (χ0v) is 16.3. The number of nitrogens with zero attached hydrogens (tertiary/aromatic N) is 4. The molecular formula is C21H29N5O. The Morgan fingerprint density at radius 2 is 1.85 bits per heavy atom. The van der Waals surface area contributed by atoms with Crippen LogP contribution in [0.25, 0.3) is 0 Å². The van der Waals surface area contributed by atoms with Crippen LogP contribution in [0.3, 0.4) is 0 Å². The quantitative estimate of drug-likeness (QED) is 0.879. The average Bonchev–Trinajstić information content (AvgIpc) is 3.31. The fraction of sp³-hybridized carbons (Fsp3) is 0.524. The first-order valence-corrected chi connectivity index (χ1v) is 9.79. The highest BCUT2D eigenvalue weighted by molar-refractivity contribution is 5.88. The van der Waals surface area contributed by atoms with E-state index in [2.05, 4.69) is 59.6 Å². The number of imidazole rings is 1. The third-order valence-electron chi connectivity index (χ3n) is 6.59. The maximum atomic E-state index is 13.2. The molecule has 1 aromatic heterocycles. The Kier molecular flexibility index (Phi) is 4.78. The van der Waals surface area contributed by atoms with Crippen LogP contribution in [0.5, 0.6) is 0 Å². The zero-order valence-electron chi connectivity index (χ0n) is 16.3. The Morgan fingerprint density at radius 1 is 1.11 bits per heavy atom. The van der Waals surface area contributed by atoms with Crippen LogP contribution in [0.4, 0.5) is 0 Å². The van der Waals surface area contributed by atoms with Crippen LogP contribution in [0, 0.1) is 0 Å². The first kappa shape index (κ1) is 18.2. The topological polar surface area (TPSA) is 53.4 Å². The largest absolute Gasteiger partial charge is 0.336 e. The Hall–Kier alpha value is -2.18. The molecule has 1 aliphatic carbocycles. The highest BCUT2D eigenvalue weighted by Gasteiger charge is 2.52. The van der Waals surface area contributed by atoms with Gasteiger partial charge in [-0.1, -0.05) is 30.3 Å². The number of carbonyl (C=O) groups excluding carboxylic acids is 1. The van der Waals surface area contributed by atoms with Crippen molar-refractivity contribution in [2.45, 2.75) is 43.3 Å². The number of hydrogen-bond acceptors (Lipinski definition) is 4. The predicted octanol–water partition coefficient (Wildman–Crippen LogP) is 2.04. The van der Waals surface area contributed by atoms with Gasteiger partial charge in [0.2, 0.25) is 5.91 Å². The molecule has 1 spiro atoms. The second kappa shape index (κ2) is 7.09.